The van der Waals surface area contributed by atoms with Crippen molar-refractivity contribution in [3.05, 3.63) is 42.0 Å². The molecule has 2 N–H and O–H groups in total. The fourth-order valence-electron chi connectivity index (χ4n) is 3.80. The maximum Gasteiger partial charge on any atom is 0.251 e. The highest BCUT2D eigenvalue weighted by Gasteiger charge is 2.39. The molecular weight excluding hydrogens is 276 g/mol. The molecule has 2 heterocycles. The molecule has 0 radical (unpaired) electrons. The van der Waals surface area contributed by atoms with Gasteiger partial charge in [0.1, 0.15) is 5.75 Å². The van der Waals surface area contributed by atoms with Crippen LogP contribution in [0.5, 0.6) is 5.75 Å². The number of carbonyl (C=O) groups excluding carboxylic acids is 1. The van der Waals surface area contributed by atoms with Gasteiger partial charge in [0.2, 0.25) is 0 Å². The smallest absolute Gasteiger partial charge is 0.251 e. The van der Waals surface area contributed by atoms with Crippen LogP contribution in [0.1, 0.15) is 29.6 Å². The van der Waals surface area contributed by atoms with Gasteiger partial charge in [0.15, 0.2) is 0 Å². The van der Waals surface area contributed by atoms with Crippen LogP contribution in [0.2, 0.25) is 0 Å². The van der Waals surface area contributed by atoms with Crippen LogP contribution in [-0.4, -0.2) is 31.1 Å². The van der Waals surface area contributed by atoms with Gasteiger partial charge >= 0.3 is 0 Å². The lowest BCUT2D eigenvalue weighted by atomic mass is 9.95. The molecule has 1 amide bonds. The van der Waals surface area contributed by atoms with E-state index in [1.807, 2.05) is 36.4 Å². The third kappa shape index (κ3) is 2.24. The predicted molar refractivity (Wildman–Crippen MR) is 86.3 cm³/mol. The van der Waals surface area contributed by atoms with E-state index in [1.54, 1.807) is 7.11 Å². The van der Waals surface area contributed by atoms with Crippen molar-refractivity contribution < 1.29 is 9.53 Å². The average Bonchev–Trinajstić information content (AvgIpc) is 3.16. The SMILES string of the molecule is COc1cccc2ccc(C(=O)N[C@@H]3C[C@H]4CC[C@@H]3N4)cc12. The molecule has 0 aromatic heterocycles. The van der Waals surface area contributed by atoms with Gasteiger partial charge in [0.05, 0.1) is 7.11 Å². The lowest BCUT2D eigenvalue weighted by Crippen LogP contribution is -2.42. The summed E-state index contributed by atoms with van der Waals surface area (Å²) in [6, 6.07) is 13.0. The minimum absolute atomic E-state index is 0.00663. The van der Waals surface area contributed by atoms with E-state index >= 15 is 0 Å². The standard InChI is InChI=1S/C18H20N2O2/c1-22-17-4-2-3-11-5-6-12(9-14(11)17)18(21)20-16-10-13-7-8-15(16)19-13/h2-6,9,13,15-16,19H,7-8,10H2,1H3,(H,20,21)/t13-,15+,16-/m1/s1. The number of nitrogens with one attached hydrogen (secondary N) is 2. The van der Waals surface area contributed by atoms with Gasteiger partial charge in [0.25, 0.3) is 5.91 Å². The summed E-state index contributed by atoms with van der Waals surface area (Å²) in [5.41, 5.74) is 0.694. The van der Waals surface area contributed by atoms with Crippen LogP contribution in [0.25, 0.3) is 10.8 Å². The number of benzene rings is 2. The number of fused-ring (bicyclic) bond motifs is 3. The molecule has 3 atom stereocenters. The molecule has 2 aromatic carbocycles. The maximum atomic E-state index is 12.5. The quantitative estimate of drug-likeness (QED) is 0.915. The predicted octanol–water partition coefficient (Wildman–Crippen LogP) is 2.47. The Hall–Kier alpha value is -2.07. The van der Waals surface area contributed by atoms with Crippen LogP contribution in [0.15, 0.2) is 36.4 Å². The molecule has 2 aliphatic rings. The lowest BCUT2D eigenvalue weighted by Gasteiger charge is -2.21. The van der Waals surface area contributed by atoms with Crippen molar-refractivity contribution >= 4 is 16.7 Å². The Morgan fingerprint density at radius 2 is 2.18 bits per heavy atom. The Labute approximate surface area is 129 Å². The molecule has 4 heteroatoms. The minimum atomic E-state index is 0.00663. The zero-order valence-corrected chi connectivity index (χ0v) is 12.6. The van der Waals surface area contributed by atoms with E-state index in [4.69, 9.17) is 4.74 Å². The first-order valence-electron chi connectivity index (χ1n) is 7.88. The van der Waals surface area contributed by atoms with Gasteiger partial charge < -0.3 is 15.4 Å². The first-order valence-corrected chi connectivity index (χ1v) is 7.88. The van der Waals surface area contributed by atoms with E-state index in [2.05, 4.69) is 10.6 Å². The maximum absolute atomic E-state index is 12.5. The van der Waals surface area contributed by atoms with Gasteiger partial charge in [-0.3, -0.25) is 4.79 Å². The van der Waals surface area contributed by atoms with Gasteiger partial charge in [-0.1, -0.05) is 18.2 Å². The highest BCUT2D eigenvalue weighted by atomic mass is 16.5. The molecule has 2 aliphatic heterocycles. The van der Waals surface area contributed by atoms with Gasteiger partial charge in [0, 0.05) is 29.1 Å². The Balaban J connectivity index is 1.59. The molecule has 2 saturated heterocycles. The summed E-state index contributed by atoms with van der Waals surface area (Å²) in [5, 5.41) is 8.79. The fraction of sp³-hybridized carbons (Fsp3) is 0.389. The molecule has 22 heavy (non-hydrogen) atoms. The van der Waals surface area contributed by atoms with Crippen molar-refractivity contribution in [2.45, 2.75) is 37.4 Å². The number of rotatable bonds is 3. The molecular formula is C18H20N2O2. The second-order valence-electron chi connectivity index (χ2n) is 6.26. The van der Waals surface area contributed by atoms with Crippen LogP contribution in [0.3, 0.4) is 0 Å². The van der Waals surface area contributed by atoms with Crippen molar-refractivity contribution in [3.8, 4) is 5.75 Å². The molecule has 0 aliphatic carbocycles. The van der Waals surface area contributed by atoms with Gasteiger partial charge in [-0.05, 0) is 42.8 Å². The molecule has 4 nitrogen and oxygen atoms in total. The normalized spacial score (nSPS) is 26.3. The van der Waals surface area contributed by atoms with Crippen molar-refractivity contribution in [2.75, 3.05) is 7.11 Å². The highest BCUT2D eigenvalue weighted by molar-refractivity contribution is 6.00. The van der Waals surface area contributed by atoms with Gasteiger partial charge in [-0.15, -0.1) is 0 Å². The Morgan fingerprint density at radius 3 is 2.91 bits per heavy atom. The van der Waals surface area contributed by atoms with E-state index in [9.17, 15) is 4.79 Å². The Bertz CT molecular complexity index is 728. The average molecular weight is 296 g/mol. The summed E-state index contributed by atoms with van der Waals surface area (Å²) in [6.07, 6.45) is 3.46. The molecule has 2 fully saturated rings. The molecule has 0 saturated carbocycles. The summed E-state index contributed by atoms with van der Waals surface area (Å²) in [7, 11) is 1.66. The van der Waals surface area contributed by atoms with E-state index in [-0.39, 0.29) is 11.9 Å². The zero-order valence-electron chi connectivity index (χ0n) is 12.6. The monoisotopic (exact) mass is 296 g/mol. The summed E-state index contributed by atoms with van der Waals surface area (Å²) in [6.45, 7) is 0. The topological polar surface area (TPSA) is 50.4 Å². The largest absolute Gasteiger partial charge is 0.496 e. The Morgan fingerprint density at radius 1 is 1.27 bits per heavy atom. The van der Waals surface area contributed by atoms with E-state index in [0.717, 1.165) is 22.9 Å². The number of carbonyl (C=O) groups is 1. The first kappa shape index (κ1) is 13.6. The van der Waals surface area contributed by atoms with Crippen molar-refractivity contribution in [1.82, 2.24) is 10.6 Å². The Kier molecular flexibility index (Phi) is 3.26. The summed E-state index contributed by atoms with van der Waals surface area (Å²) in [5.74, 6) is 0.806. The van der Waals surface area contributed by atoms with Gasteiger partial charge in [-0.25, -0.2) is 0 Å². The first-order chi connectivity index (χ1) is 10.7. The number of hydrogen-bond acceptors (Lipinski definition) is 3. The molecule has 114 valence electrons. The molecule has 4 rings (SSSR count). The number of amides is 1. The van der Waals surface area contributed by atoms with Crippen LogP contribution in [0.4, 0.5) is 0 Å². The molecule has 0 spiro atoms. The van der Waals surface area contributed by atoms with Crippen LogP contribution in [0, 0.1) is 0 Å². The zero-order chi connectivity index (χ0) is 15.1. The van der Waals surface area contributed by atoms with Crippen molar-refractivity contribution in [3.63, 3.8) is 0 Å². The van der Waals surface area contributed by atoms with Crippen LogP contribution >= 0.6 is 0 Å². The third-order valence-corrected chi connectivity index (χ3v) is 4.94. The van der Waals surface area contributed by atoms with E-state index in [0.29, 0.717) is 17.6 Å². The third-order valence-electron chi connectivity index (χ3n) is 4.94. The van der Waals surface area contributed by atoms with E-state index < -0.39 is 0 Å². The van der Waals surface area contributed by atoms with Crippen molar-refractivity contribution in [2.24, 2.45) is 0 Å². The second kappa shape index (κ2) is 5.29. The van der Waals surface area contributed by atoms with Crippen molar-refractivity contribution in [1.29, 1.82) is 0 Å². The summed E-state index contributed by atoms with van der Waals surface area (Å²) in [4.78, 5) is 12.5. The molecule has 0 unspecified atom stereocenters. The number of ether oxygens (including phenoxy) is 1. The minimum Gasteiger partial charge on any atom is -0.496 e. The number of hydrogen-bond donors (Lipinski definition) is 2. The second-order valence-corrected chi connectivity index (χ2v) is 6.26. The highest BCUT2D eigenvalue weighted by Crippen LogP contribution is 2.29. The van der Waals surface area contributed by atoms with Gasteiger partial charge in [-0.2, -0.15) is 0 Å². The van der Waals surface area contributed by atoms with E-state index in [1.165, 1.54) is 12.8 Å². The summed E-state index contributed by atoms with van der Waals surface area (Å²) >= 11 is 0. The molecule has 2 bridgehead atoms. The van der Waals surface area contributed by atoms with Crippen LogP contribution in [-0.2, 0) is 0 Å². The molecule has 2 aromatic rings. The summed E-state index contributed by atoms with van der Waals surface area (Å²) < 4.78 is 5.39. The number of methoxy groups -OCH3 is 1. The van der Waals surface area contributed by atoms with Crippen LogP contribution < -0.4 is 15.4 Å². The lowest BCUT2D eigenvalue weighted by molar-refractivity contribution is 0.0931. The fourth-order valence-corrected chi connectivity index (χ4v) is 3.80.